The van der Waals surface area contributed by atoms with E-state index in [2.05, 4.69) is 10.2 Å². The molecule has 28 heavy (non-hydrogen) atoms. The number of hydrogen-bond acceptors (Lipinski definition) is 6. The van der Waals surface area contributed by atoms with Crippen molar-refractivity contribution in [2.45, 2.75) is 13.8 Å². The molecule has 2 heterocycles. The van der Waals surface area contributed by atoms with Crippen molar-refractivity contribution in [3.63, 3.8) is 0 Å². The van der Waals surface area contributed by atoms with Crippen LogP contribution in [-0.4, -0.2) is 33.4 Å². The van der Waals surface area contributed by atoms with Crippen LogP contribution < -0.4 is 0 Å². The second kappa shape index (κ2) is 7.11. The van der Waals surface area contributed by atoms with Crippen LogP contribution in [-0.2, 0) is 4.74 Å². The first-order valence-electron chi connectivity index (χ1n) is 8.72. The Balaban J connectivity index is 1.49. The van der Waals surface area contributed by atoms with E-state index in [9.17, 15) is 9.59 Å². The van der Waals surface area contributed by atoms with Crippen LogP contribution in [0.1, 0.15) is 32.3 Å². The third-order valence-electron chi connectivity index (χ3n) is 4.39. The van der Waals surface area contributed by atoms with Crippen LogP contribution in [0.2, 0.25) is 0 Å². The van der Waals surface area contributed by atoms with Crippen molar-refractivity contribution in [3.05, 3.63) is 77.3 Å². The number of aryl methyl sites for hydroxylation is 2. The predicted octanol–water partition coefficient (Wildman–Crippen LogP) is 3.67. The number of nitrogens with zero attached hydrogens (tertiary/aromatic N) is 3. The van der Waals surface area contributed by atoms with Gasteiger partial charge < -0.3 is 9.15 Å². The van der Waals surface area contributed by atoms with Crippen LogP contribution in [0.5, 0.6) is 0 Å². The minimum absolute atomic E-state index is 0.0676. The molecule has 0 aliphatic rings. The van der Waals surface area contributed by atoms with Gasteiger partial charge in [-0.15, -0.1) is 5.10 Å². The molecule has 0 bridgehead atoms. The molecule has 0 spiro atoms. The van der Waals surface area contributed by atoms with Crippen LogP contribution in [0.15, 0.2) is 59.0 Å². The molecule has 0 saturated carbocycles. The van der Waals surface area contributed by atoms with Gasteiger partial charge in [0, 0.05) is 10.9 Å². The van der Waals surface area contributed by atoms with Crippen molar-refractivity contribution in [3.8, 4) is 5.69 Å². The lowest BCUT2D eigenvalue weighted by Crippen LogP contribution is -2.15. The zero-order chi connectivity index (χ0) is 19.7. The van der Waals surface area contributed by atoms with E-state index in [-0.39, 0.29) is 11.5 Å². The summed E-state index contributed by atoms with van der Waals surface area (Å²) in [6, 6.07) is 16.6. The third kappa shape index (κ3) is 3.18. The van der Waals surface area contributed by atoms with E-state index in [4.69, 9.17) is 9.15 Å². The van der Waals surface area contributed by atoms with E-state index in [0.717, 1.165) is 16.6 Å². The normalized spacial score (nSPS) is 10.9. The summed E-state index contributed by atoms with van der Waals surface area (Å²) < 4.78 is 10.8. The summed E-state index contributed by atoms with van der Waals surface area (Å²) in [5.41, 5.74) is 2.55. The zero-order valence-corrected chi connectivity index (χ0v) is 15.4. The molecule has 4 rings (SSSR count). The Kier molecular flexibility index (Phi) is 4.49. The van der Waals surface area contributed by atoms with Crippen molar-refractivity contribution in [2.75, 3.05) is 6.61 Å². The van der Waals surface area contributed by atoms with Gasteiger partial charge in [0.25, 0.3) is 0 Å². The molecule has 0 aliphatic carbocycles. The average molecular weight is 375 g/mol. The monoisotopic (exact) mass is 375 g/mol. The SMILES string of the molecule is Cc1nn(-c2ccccc2)nc1C(=O)OCC(=O)c1oc2ccccc2c1C. The van der Waals surface area contributed by atoms with Gasteiger partial charge in [0.2, 0.25) is 5.78 Å². The first-order valence-corrected chi connectivity index (χ1v) is 8.72. The van der Waals surface area contributed by atoms with Crippen molar-refractivity contribution < 1.29 is 18.7 Å². The summed E-state index contributed by atoms with van der Waals surface area (Å²) >= 11 is 0. The Labute approximate surface area is 160 Å². The van der Waals surface area contributed by atoms with E-state index < -0.39 is 18.4 Å². The van der Waals surface area contributed by atoms with Gasteiger partial charge in [0.15, 0.2) is 18.1 Å². The van der Waals surface area contributed by atoms with E-state index in [1.165, 1.54) is 4.80 Å². The fourth-order valence-electron chi connectivity index (χ4n) is 2.95. The standard InChI is InChI=1S/C21H17N3O4/c1-13-16-10-6-7-11-18(16)28-20(13)17(25)12-27-21(26)19-14(2)22-24(23-19)15-8-4-3-5-9-15/h3-11H,12H2,1-2H3. The summed E-state index contributed by atoms with van der Waals surface area (Å²) in [6.45, 7) is 3.03. The first kappa shape index (κ1) is 17.7. The molecule has 7 nitrogen and oxygen atoms in total. The quantitative estimate of drug-likeness (QED) is 0.391. The highest BCUT2D eigenvalue weighted by Gasteiger charge is 2.22. The van der Waals surface area contributed by atoms with Crippen LogP contribution in [0.25, 0.3) is 16.7 Å². The van der Waals surface area contributed by atoms with E-state index in [0.29, 0.717) is 11.3 Å². The number of hydrogen-bond donors (Lipinski definition) is 0. The summed E-state index contributed by atoms with van der Waals surface area (Å²) in [5.74, 6) is -0.921. The largest absolute Gasteiger partial charge is 0.453 e. The lowest BCUT2D eigenvalue weighted by atomic mass is 10.1. The molecule has 0 saturated heterocycles. The second-order valence-corrected chi connectivity index (χ2v) is 6.31. The molecule has 0 N–H and O–H groups in total. The molecule has 0 fully saturated rings. The summed E-state index contributed by atoms with van der Waals surface area (Å²) in [4.78, 5) is 26.2. The van der Waals surface area contributed by atoms with Gasteiger partial charge >= 0.3 is 5.97 Å². The number of para-hydroxylation sites is 2. The van der Waals surface area contributed by atoms with E-state index in [1.54, 1.807) is 19.9 Å². The molecule has 0 unspecified atom stereocenters. The molecule has 0 amide bonds. The summed E-state index contributed by atoms with van der Waals surface area (Å²) in [6.07, 6.45) is 0. The van der Waals surface area contributed by atoms with Crippen molar-refractivity contribution in [1.29, 1.82) is 0 Å². The number of aromatic nitrogens is 3. The average Bonchev–Trinajstić information content (AvgIpc) is 3.27. The molecular formula is C21H17N3O4. The minimum atomic E-state index is -0.707. The number of esters is 1. The van der Waals surface area contributed by atoms with Gasteiger partial charge in [-0.2, -0.15) is 9.90 Å². The van der Waals surface area contributed by atoms with Gasteiger partial charge in [-0.3, -0.25) is 4.79 Å². The maximum atomic E-state index is 12.5. The Hall–Kier alpha value is -3.74. The summed E-state index contributed by atoms with van der Waals surface area (Å²) in [7, 11) is 0. The fourth-order valence-corrected chi connectivity index (χ4v) is 2.95. The van der Waals surface area contributed by atoms with Crippen molar-refractivity contribution in [2.24, 2.45) is 0 Å². The lowest BCUT2D eigenvalue weighted by molar-refractivity contribution is 0.0461. The number of rotatable bonds is 5. The number of ether oxygens (including phenoxy) is 1. The topological polar surface area (TPSA) is 87.2 Å². The molecule has 2 aromatic carbocycles. The number of carbonyl (C=O) groups is 2. The fraction of sp³-hybridized carbons (Fsp3) is 0.143. The van der Waals surface area contributed by atoms with E-state index in [1.807, 2.05) is 48.5 Å². The molecule has 7 heteroatoms. The first-order chi connectivity index (χ1) is 13.5. The smallest absolute Gasteiger partial charge is 0.361 e. The number of ketones is 1. The highest BCUT2D eigenvalue weighted by Crippen LogP contribution is 2.25. The number of benzene rings is 2. The third-order valence-corrected chi connectivity index (χ3v) is 4.39. The predicted molar refractivity (Wildman–Crippen MR) is 102 cm³/mol. The molecule has 2 aromatic heterocycles. The van der Waals surface area contributed by atoms with Gasteiger partial charge in [-0.25, -0.2) is 4.79 Å². The molecule has 140 valence electrons. The minimum Gasteiger partial charge on any atom is -0.453 e. The Morgan fingerprint density at radius 3 is 2.46 bits per heavy atom. The lowest BCUT2D eigenvalue weighted by Gasteiger charge is -2.02. The Bertz CT molecular complexity index is 1180. The van der Waals surface area contributed by atoms with Crippen LogP contribution >= 0.6 is 0 Å². The van der Waals surface area contributed by atoms with Gasteiger partial charge in [0.1, 0.15) is 5.58 Å². The van der Waals surface area contributed by atoms with Crippen LogP contribution in [0, 0.1) is 13.8 Å². The second-order valence-electron chi connectivity index (χ2n) is 6.31. The molecule has 0 aliphatic heterocycles. The highest BCUT2D eigenvalue weighted by atomic mass is 16.5. The van der Waals surface area contributed by atoms with Crippen LogP contribution in [0.4, 0.5) is 0 Å². The number of Topliss-reactive ketones (excluding diaryl/α,β-unsaturated/α-hetero) is 1. The van der Waals surface area contributed by atoms with Gasteiger partial charge in [0.05, 0.1) is 11.4 Å². The maximum absolute atomic E-state index is 12.5. The number of fused-ring (bicyclic) bond motifs is 1. The molecule has 0 radical (unpaired) electrons. The van der Waals surface area contributed by atoms with Crippen molar-refractivity contribution >= 4 is 22.7 Å². The number of furan rings is 1. The number of carbonyl (C=O) groups excluding carboxylic acids is 2. The van der Waals surface area contributed by atoms with Crippen LogP contribution in [0.3, 0.4) is 0 Å². The Morgan fingerprint density at radius 2 is 1.71 bits per heavy atom. The highest BCUT2D eigenvalue weighted by molar-refractivity contribution is 6.02. The summed E-state index contributed by atoms with van der Waals surface area (Å²) in [5, 5.41) is 9.27. The molecule has 0 atom stereocenters. The van der Waals surface area contributed by atoms with Crippen molar-refractivity contribution in [1.82, 2.24) is 15.0 Å². The van der Waals surface area contributed by atoms with E-state index >= 15 is 0 Å². The van der Waals surface area contributed by atoms with Gasteiger partial charge in [-0.05, 0) is 32.0 Å². The van der Waals surface area contributed by atoms with Gasteiger partial charge in [-0.1, -0.05) is 36.4 Å². The maximum Gasteiger partial charge on any atom is 0.361 e. The Morgan fingerprint density at radius 1 is 1.00 bits per heavy atom. The molecule has 4 aromatic rings. The molecular weight excluding hydrogens is 358 g/mol. The zero-order valence-electron chi connectivity index (χ0n) is 15.4.